The van der Waals surface area contributed by atoms with Crippen molar-refractivity contribution in [2.75, 3.05) is 32.7 Å². The molecular weight excluding hydrogens is 722 g/mol. The van der Waals surface area contributed by atoms with Crippen LogP contribution in [0.1, 0.15) is 55.1 Å². The summed E-state index contributed by atoms with van der Waals surface area (Å²) in [6.07, 6.45) is 2.42. The number of aliphatic hydroxyl groups is 1. The van der Waals surface area contributed by atoms with Gasteiger partial charge in [0.25, 0.3) is 0 Å². The number of hydrogen-bond acceptors (Lipinski definition) is 12. The molecule has 16 heteroatoms. The van der Waals surface area contributed by atoms with Crippen molar-refractivity contribution in [2.45, 2.75) is 75.8 Å². The number of carbonyl (C=O) groups is 4. The normalized spacial score (nSPS) is 30.3. The predicted octanol–water partition coefficient (Wildman–Crippen LogP) is 3.39. The van der Waals surface area contributed by atoms with E-state index in [0.29, 0.717) is 29.0 Å². The van der Waals surface area contributed by atoms with Crippen LogP contribution >= 0.6 is 11.6 Å². The van der Waals surface area contributed by atoms with Gasteiger partial charge in [0.1, 0.15) is 41.2 Å². The number of primary amides is 1. The highest BCUT2D eigenvalue weighted by Gasteiger charge is 2.64. The fourth-order valence-corrected chi connectivity index (χ4v) is 7.08. The number of hydrazone groups is 1. The summed E-state index contributed by atoms with van der Waals surface area (Å²) in [6.45, 7) is 5.07. The van der Waals surface area contributed by atoms with Gasteiger partial charge in [0.05, 0.1) is 31.5 Å². The standard InChI is InChI=1S/C38H46ClN5O10/c1-21-8-7-9-29(51-6)38(49)18-28(52-36(48)43-38)22(2)34-37(3,54-34)30(17-31(45)44(4)26-15-24(14-21)16-27(50-5)33(26)39)53-32(46)20-42-41-19-23-10-12-25(13-11-23)35(40)47/h7-13,15-16,19,22,28-30,34,42,49H,14,17-18,20H2,1-6H3,(H2,40,47)(H,43,48)/b9-7+,21-8+,41-19+. The van der Waals surface area contributed by atoms with Crippen molar-refractivity contribution in [3.8, 4) is 5.75 Å². The summed E-state index contributed by atoms with van der Waals surface area (Å²) in [6, 6.07) is 9.97. The second-order valence-corrected chi connectivity index (χ2v) is 14.2. The van der Waals surface area contributed by atoms with Crippen LogP contribution in [0.2, 0.25) is 5.02 Å². The largest absolute Gasteiger partial charge is 0.495 e. The minimum Gasteiger partial charge on any atom is -0.495 e. The van der Waals surface area contributed by atoms with Crippen LogP contribution in [-0.4, -0.2) is 98.8 Å². The van der Waals surface area contributed by atoms with Gasteiger partial charge in [-0.3, -0.25) is 25.1 Å². The maximum absolute atomic E-state index is 14.0. The van der Waals surface area contributed by atoms with E-state index in [9.17, 15) is 24.3 Å². The van der Waals surface area contributed by atoms with E-state index in [1.54, 1.807) is 69.4 Å². The molecule has 3 heterocycles. The number of alkyl carbamates (subject to hydrolysis) is 1. The number of nitrogens with one attached hydrogen (secondary N) is 2. The van der Waals surface area contributed by atoms with Gasteiger partial charge >= 0.3 is 12.1 Å². The zero-order chi connectivity index (χ0) is 39.4. The number of carbonyl (C=O) groups excluding carboxylic acids is 4. The van der Waals surface area contributed by atoms with E-state index in [1.807, 2.05) is 13.0 Å². The first-order valence-corrected chi connectivity index (χ1v) is 17.7. The lowest BCUT2D eigenvalue weighted by molar-refractivity contribution is -0.152. The number of esters is 1. The van der Waals surface area contributed by atoms with Crippen LogP contribution in [0.25, 0.3) is 0 Å². The van der Waals surface area contributed by atoms with Gasteiger partial charge in [0, 0.05) is 32.1 Å². The molecule has 54 heavy (non-hydrogen) atoms. The third-order valence-corrected chi connectivity index (χ3v) is 10.3. The lowest BCUT2D eigenvalue weighted by Crippen LogP contribution is -2.63. The minimum absolute atomic E-state index is 0.0508. The number of fused-ring (bicyclic) bond motifs is 5. The molecule has 5 rings (SSSR count). The van der Waals surface area contributed by atoms with E-state index >= 15 is 0 Å². The summed E-state index contributed by atoms with van der Waals surface area (Å²) < 4.78 is 29.0. The molecule has 3 aliphatic rings. The number of amides is 3. The molecule has 0 aliphatic carbocycles. The SMILES string of the molecule is COc1cc2cc(c1Cl)N(C)C(=O)CC(OC(=O)CN/N=C/c1ccc(C(N)=O)cc1)C1(C)OC1C(C)C1CC(O)(NC(=O)O1)C(OC)/C=C/C=C(\C)C2. The highest BCUT2D eigenvalue weighted by molar-refractivity contribution is 6.35. The molecule has 5 N–H and O–H groups in total. The molecule has 3 aliphatic heterocycles. The van der Waals surface area contributed by atoms with Crippen molar-refractivity contribution < 1.29 is 48.0 Å². The number of anilines is 1. The number of hydrogen-bond donors (Lipinski definition) is 4. The van der Waals surface area contributed by atoms with Crippen LogP contribution in [-0.2, 0) is 35.0 Å². The third-order valence-electron chi connectivity index (χ3n) is 9.95. The molecule has 2 fully saturated rings. The zero-order valence-corrected chi connectivity index (χ0v) is 31.7. The molecule has 290 valence electrons. The summed E-state index contributed by atoms with van der Waals surface area (Å²) in [4.78, 5) is 52.8. The van der Waals surface area contributed by atoms with Crippen LogP contribution in [0.3, 0.4) is 0 Å². The number of rotatable bonds is 8. The Hall–Kier alpha value is -4.96. The Balaban J connectivity index is 1.44. The Kier molecular flexibility index (Phi) is 12.4. The smallest absolute Gasteiger partial charge is 0.409 e. The number of epoxide rings is 1. The Morgan fingerprint density at radius 3 is 2.61 bits per heavy atom. The highest BCUT2D eigenvalue weighted by atomic mass is 35.5. The summed E-state index contributed by atoms with van der Waals surface area (Å²) in [7, 11) is 4.48. The molecule has 2 aromatic carbocycles. The van der Waals surface area contributed by atoms with Crippen molar-refractivity contribution in [2.24, 2.45) is 16.8 Å². The molecule has 0 aromatic heterocycles. The van der Waals surface area contributed by atoms with Gasteiger partial charge in [-0.2, -0.15) is 5.10 Å². The molecule has 3 amide bonds. The topological polar surface area (TPSA) is 204 Å². The number of halogens is 1. The first-order chi connectivity index (χ1) is 25.6. The fourth-order valence-electron chi connectivity index (χ4n) is 6.77. The van der Waals surface area contributed by atoms with Gasteiger partial charge in [-0.1, -0.05) is 54.5 Å². The zero-order valence-electron chi connectivity index (χ0n) is 31.0. The van der Waals surface area contributed by atoms with Crippen LogP contribution in [0, 0.1) is 5.92 Å². The second kappa shape index (κ2) is 16.6. The number of benzene rings is 2. The van der Waals surface area contributed by atoms with Crippen molar-refractivity contribution in [3.05, 3.63) is 81.9 Å². The molecule has 0 spiro atoms. The van der Waals surface area contributed by atoms with E-state index in [1.165, 1.54) is 25.3 Å². The average molecular weight is 768 g/mol. The van der Waals surface area contributed by atoms with E-state index in [0.717, 1.165) is 11.1 Å². The van der Waals surface area contributed by atoms with Crippen LogP contribution in [0.4, 0.5) is 10.5 Å². The molecule has 2 aromatic rings. The molecule has 7 unspecified atom stereocenters. The van der Waals surface area contributed by atoms with Gasteiger partial charge in [-0.25, -0.2) is 4.79 Å². The van der Waals surface area contributed by atoms with Gasteiger partial charge in [-0.05, 0) is 55.7 Å². The van der Waals surface area contributed by atoms with Crippen molar-refractivity contribution in [1.82, 2.24) is 10.7 Å². The Morgan fingerprint density at radius 2 is 1.94 bits per heavy atom. The maximum Gasteiger partial charge on any atom is 0.409 e. The van der Waals surface area contributed by atoms with E-state index in [2.05, 4.69) is 15.8 Å². The number of allylic oxidation sites excluding steroid dienone is 3. The molecule has 0 radical (unpaired) electrons. The molecular formula is C38H46ClN5O10. The monoisotopic (exact) mass is 767 g/mol. The van der Waals surface area contributed by atoms with Gasteiger partial charge in [0.15, 0.2) is 5.72 Å². The van der Waals surface area contributed by atoms with Gasteiger partial charge < -0.3 is 39.4 Å². The minimum atomic E-state index is -1.82. The van der Waals surface area contributed by atoms with Crippen molar-refractivity contribution in [1.29, 1.82) is 0 Å². The Morgan fingerprint density at radius 1 is 1.22 bits per heavy atom. The Labute approximate surface area is 318 Å². The van der Waals surface area contributed by atoms with Crippen LogP contribution in [0.15, 0.2) is 65.3 Å². The molecule has 7 atom stereocenters. The van der Waals surface area contributed by atoms with E-state index in [-0.39, 0.29) is 24.4 Å². The summed E-state index contributed by atoms with van der Waals surface area (Å²) in [5, 5.41) is 18.5. The average Bonchev–Trinajstić information content (AvgIpc) is 3.83. The highest BCUT2D eigenvalue weighted by Crippen LogP contribution is 2.49. The second-order valence-electron chi connectivity index (χ2n) is 13.9. The quantitative estimate of drug-likeness (QED) is 0.133. The summed E-state index contributed by atoms with van der Waals surface area (Å²) in [5.41, 5.74) is 8.02. The molecule has 0 saturated carbocycles. The Bertz CT molecular complexity index is 1850. The molecule has 4 bridgehead atoms. The van der Waals surface area contributed by atoms with Gasteiger partial charge in [-0.15, -0.1) is 0 Å². The van der Waals surface area contributed by atoms with Crippen molar-refractivity contribution >= 4 is 47.4 Å². The number of methoxy groups -OCH3 is 2. The van der Waals surface area contributed by atoms with Crippen LogP contribution < -0.4 is 26.1 Å². The number of nitrogens with zero attached hydrogens (tertiary/aromatic N) is 2. The fraction of sp³-hybridized carbons (Fsp3) is 0.447. The van der Waals surface area contributed by atoms with Gasteiger partial charge in [0.2, 0.25) is 11.8 Å². The maximum atomic E-state index is 14.0. The lowest BCUT2D eigenvalue weighted by Gasteiger charge is -2.42. The van der Waals surface area contributed by atoms with E-state index < -0.39 is 65.5 Å². The molecule has 2 saturated heterocycles. The lowest BCUT2D eigenvalue weighted by atomic mass is 9.83. The summed E-state index contributed by atoms with van der Waals surface area (Å²) in [5.74, 6) is -1.86. The third kappa shape index (κ3) is 9.04. The molecule has 15 nitrogen and oxygen atoms in total. The first-order valence-electron chi connectivity index (χ1n) is 17.3. The summed E-state index contributed by atoms with van der Waals surface area (Å²) >= 11 is 6.74. The van der Waals surface area contributed by atoms with E-state index in [4.69, 9.17) is 41.0 Å². The van der Waals surface area contributed by atoms with Crippen molar-refractivity contribution in [3.63, 3.8) is 0 Å². The first kappa shape index (κ1) is 40.2. The number of ether oxygens (including phenoxy) is 5. The number of nitrogens with two attached hydrogens (primary N) is 1. The predicted molar refractivity (Wildman–Crippen MR) is 199 cm³/mol. The van der Waals surface area contributed by atoms with Crippen LogP contribution in [0.5, 0.6) is 5.75 Å².